The fourth-order valence-corrected chi connectivity index (χ4v) is 4.82. The standard InChI is InChI=1S/C30H35N7O3/c1-5-29(38)32-25-18-24(27(39-4)19-28(25)40-17-16-37-14-12-35(2)13-15-37)34-30-31-11-10-23(33-30)22-20-36(3)26-9-7-6-8-21(22)26/h5-11,18-20H,1,12-17H2,2-4H3,(H,32,38)(H,31,33,34). The first-order chi connectivity index (χ1) is 19.4. The van der Waals surface area contributed by atoms with Gasteiger partial charge in [0.15, 0.2) is 0 Å². The average Bonchev–Trinajstić information content (AvgIpc) is 3.31. The Morgan fingerprint density at radius 1 is 1.07 bits per heavy atom. The second-order valence-corrected chi connectivity index (χ2v) is 9.80. The summed E-state index contributed by atoms with van der Waals surface area (Å²) in [5.41, 5.74) is 4.01. The second-order valence-electron chi connectivity index (χ2n) is 9.80. The van der Waals surface area contributed by atoms with Gasteiger partial charge >= 0.3 is 0 Å². The minimum atomic E-state index is -0.339. The molecule has 1 aliphatic heterocycles. The van der Waals surface area contributed by atoms with Gasteiger partial charge in [-0.15, -0.1) is 0 Å². The molecule has 0 bridgehead atoms. The maximum atomic E-state index is 12.2. The SMILES string of the molecule is C=CC(=O)Nc1cc(Nc2nccc(-c3cn(C)c4ccccc34)n2)c(OC)cc1OCCN1CCN(C)CC1. The number of aromatic nitrogens is 3. The highest BCUT2D eigenvalue weighted by Gasteiger charge is 2.17. The highest BCUT2D eigenvalue weighted by Crippen LogP contribution is 2.38. The minimum absolute atomic E-state index is 0.339. The van der Waals surface area contributed by atoms with Gasteiger partial charge in [-0.1, -0.05) is 24.8 Å². The minimum Gasteiger partial charge on any atom is -0.494 e. The molecule has 2 N–H and O–H groups in total. The van der Waals surface area contributed by atoms with Gasteiger partial charge in [-0.2, -0.15) is 0 Å². The number of aryl methyl sites for hydroxylation is 1. The predicted molar refractivity (Wildman–Crippen MR) is 158 cm³/mol. The fourth-order valence-electron chi connectivity index (χ4n) is 4.82. The molecule has 0 atom stereocenters. The number of amides is 1. The molecule has 10 nitrogen and oxygen atoms in total. The number of hydrogen-bond donors (Lipinski definition) is 2. The molecule has 10 heteroatoms. The van der Waals surface area contributed by atoms with E-state index in [0.717, 1.165) is 54.9 Å². The monoisotopic (exact) mass is 541 g/mol. The van der Waals surface area contributed by atoms with Crippen LogP contribution in [0.5, 0.6) is 11.5 Å². The molecular weight excluding hydrogens is 506 g/mol. The summed E-state index contributed by atoms with van der Waals surface area (Å²) in [5, 5.41) is 7.22. The Bertz CT molecular complexity index is 1510. The van der Waals surface area contributed by atoms with Gasteiger partial charge in [-0.25, -0.2) is 9.97 Å². The number of carbonyl (C=O) groups is 1. The number of ether oxygens (including phenoxy) is 2. The Hall–Kier alpha value is -4.41. The van der Waals surface area contributed by atoms with Crippen LogP contribution in [0.4, 0.5) is 17.3 Å². The van der Waals surface area contributed by atoms with Gasteiger partial charge in [0.1, 0.15) is 18.1 Å². The van der Waals surface area contributed by atoms with E-state index in [1.54, 1.807) is 25.4 Å². The number of nitrogens with zero attached hydrogens (tertiary/aromatic N) is 5. The van der Waals surface area contributed by atoms with E-state index in [2.05, 4.69) is 61.9 Å². The summed E-state index contributed by atoms with van der Waals surface area (Å²) in [6, 6.07) is 13.6. The van der Waals surface area contributed by atoms with Crippen LogP contribution in [0.3, 0.4) is 0 Å². The number of benzene rings is 2. The molecule has 0 unspecified atom stereocenters. The van der Waals surface area contributed by atoms with Crippen LogP contribution in [-0.2, 0) is 11.8 Å². The summed E-state index contributed by atoms with van der Waals surface area (Å²) in [6.45, 7) is 8.93. The van der Waals surface area contributed by atoms with Crippen LogP contribution in [0, 0.1) is 0 Å². The normalized spacial score (nSPS) is 14.2. The lowest BCUT2D eigenvalue weighted by Gasteiger charge is -2.32. The third-order valence-electron chi connectivity index (χ3n) is 7.08. The molecule has 3 heterocycles. The number of anilines is 3. The smallest absolute Gasteiger partial charge is 0.247 e. The van der Waals surface area contributed by atoms with Gasteiger partial charge in [0.25, 0.3) is 0 Å². The van der Waals surface area contributed by atoms with E-state index < -0.39 is 0 Å². The fraction of sp³-hybridized carbons (Fsp3) is 0.300. The lowest BCUT2D eigenvalue weighted by atomic mass is 10.1. The maximum absolute atomic E-state index is 12.2. The van der Waals surface area contributed by atoms with Crippen molar-refractivity contribution >= 4 is 34.1 Å². The van der Waals surface area contributed by atoms with Crippen molar-refractivity contribution in [1.29, 1.82) is 0 Å². The predicted octanol–water partition coefficient (Wildman–Crippen LogP) is 4.14. The molecule has 4 aromatic rings. The highest BCUT2D eigenvalue weighted by atomic mass is 16.5. The Morgan fingerprint density at radius 3 is 2.65 bits per heavy atom. The van der Waals surface area contributed by atoms with E-state index in [4.69, 9.17) is 14.5 Å². The summed E-state index contributed by atoms with van der Waals surface area (Å²) in [5.74, 6) is 1.10. The van der Waals surface area contributed by atoms with Crippen molar-refractivity contribution in [2.45, 2.75) is 0 Å². The van der Waals surface area contributed by atoms with Gasteiger partial charge in [0.2, 0.25) is 11.9 Å². The Balaban J connectivity index is 1.39. The van der Waals surface area contributed by atoms with Crippen LogP contribution >= 0.6 is 0 Å². The van der Waals surface area contributed by atoms with Crippen LogP contribution in [-0.4, -0.2) is 83.7 Å². The zero-order chi connectivity index (χ0) is 28.1. The molecule has 2 aromatic heterocycles. The van der Waals surface area contributed by atoms with Crippen molar-refractivity contribution in [2.24, 2.45) is 7.05 Å². The third-order valence-corrected chi connectivity index (χ3v) is 7.08. The van der Waals surface area contributed by atoms with Gasteiger partial charge in [0.05, 0.1) is 24.2 Å². The van der Waals surface area contributed by atoms with Crippen molar-refractivity contribution < 1.29 is 14.3 Å². The third kappa shape index (κ3) is 6.08. The lowest BCUT2D eigenvalue weighted by Crippen LogP contribution is -2.45. The molecule has 1 fully saturated rings. The van der Waals surface area contributed by atoms with E-state index in [1.807, 2.05) is 25.2 Å². The molecule has 0 saturated carbocycles. The number of fused-ring (bicyclic) bond motifs is 1. The molecule has 0 aliphatic carbocycles. The van der Waals surface area contributed by atoms with Gasteiger partial charge < -0.3 is 29.6 Å². The zero-order valence-corrected chi connectivity index (χ0v) is 23.2. The molecule has 2 aromatic carbocycles. The van der Waals surface area contributed by atoms with Crippen molar-refractivity contribution in [3.63, 3.8) is 0 Å². The molecule has 40 heavy (non-hydrogen) atoms. The van der Waals surface area contributed by atoms with Gasteiger partial charge in [-0.05, 0) is 31.3 Å². The van der Waals surface area contributed by atoms with Crippen molar-refractivity contribution in [3.8, 4) is 22.8 Å². The molecule has 1 saturated heterocycles. The Kier molecular flexibility index (Phi) is 8.28. The van der Waals surface area contributed by atoms with E-state index in [9.17, 15) is 4.79 Å². The highest BCUT2D eigenvalue weighted by molar-refractivity contribution is 6.00. The van der Waals surface area contributed by atoms with E-state index in [-0.39, 0.29) is 5.91 Å². The summed E-state index contributed by atoms with van der Waals surface area (Å²) < 4.78 is 13.9. The van der Waals surface area contributed by atoms with Crippen LogP contribution in [0.25, 0.3) is 22.2 Å². The summed E-state index contributed by atoms with van der Waals surface area (Å²) in [4.78, 5) is 26.1. The average molecular weight is 542 g/mol. The largest absolute Gasteiger partial charge is 0.494 e. The second kappa shape index (κ2) is 12.2. The van der Waals surface area contributed by atoms with Gasteiger partial charge in [0, 0.05) is 74.7 Å². The van der Waals surface area contributed by atoms with Gasteiger partial charge in [-0.3, -0.25) is 9.69 Å². The number of methoxy groups -OCH3 is 1. The first-order valence-corrected chi connectivity index (χ1v) is 13.3. The molecule has 0 spiro atoms. The quantitative estimate of drug-likeness (QED) is 0.289. The molecule has 5 rings (SSSR count). The molecule has 1 amide bonds. The number of likely N-dealkylation sites (N-methyl/N-ethyl adjacent to an activating group) is 1. The number of piperazine rings is 1. The molecule has 208 valence electrons. The lowest BCUT2D eigenvalue weighted by molar-refractivity contribution is -0.111. The zero-order valence-electron chi connectivity index (χ0n) is 23.2. The van der Waals surface area contributed by atoms with E-state index in [1.165, 1.54) is 6.08 Å². The molecule has 0 radical (unpaired) electrons. The first-order valence-electron chi connectivity index (χ1n) is 13.3. The summed E-state index contributed by atoms with van der Waals surface area (Å²) >= 11 is 0. The summed E-state index contributed by atoms with van der Waals surface area (Å²) in [6.07, 6.45) is 5.01. The molecule has 1 aliphatic rings. The van der Waals surface area contributed by atoms with Crippen LogP contribution in [0.1, 0.15) is 0 Å². The topological polar surface area (TPSA) is 96.8 Å². The number of para-hydroxylation sites is 1. The summed E-state index contributed by atoms with van der Waals surface area (Å²) in [7, 11) is 5.74. The number of rotatable bonds is 10. The number of carbonyl (C=O) groups excluding carboxylic acids is 1. The number of nitrogens with one attached hydrogen (secondary N) is 2. The van der Waals surface area contributed by atoms with Crippen LogP contribution in [0.2, 0.25) is 0 Å². The van der Waals surface area contributed by atoms with Crippen molar-refractivity contribution in [1.82, 2.24) is 24.3 Å². The Labute approximate surface area is 234 Å². The maximum Gasteiger partial charge on any atom is 0.247 e. The van der Waals surface area contributed by atoms with E-state index in [0.29, 0.717) is 35.4 Å². The van der Waals surface area contributed by atoms with Crippen molar-refractivity contribution in [2.75, 3.05) is 64.1 Å². The van der Waals surface area contributed by atoms with E-state index >= 15 is 0 Å². The number of hydrogen-bond acceptors (Lipinski definition) is 8. The van der Waals surface area contributed by atoms with Crippen LogP contribution < -0.4 is 20.1 Å². The van der Waals surface area contributed by atoms with Crippen LogP contribution in [0.15, 0.2) is 67.5 Å². The molecular formula is C30H35N7O3. The first kappa shape index (κ1) is 27.2. The Morgan fingerprint density at radius 2 is 1.88 bits per heavy atom. The van der Waals surface area contributed by atoms with Crippen molar-refractivity contribution in [3.05, 3.63) is 67.5 Å².